The lowest BCUT2D eigenvalue weighted by Gasteiger charge is -2.13. The maximum atomic E-state index is 14.2. The maximum absolute atomic E-state index is 14.2. The molecular weight excluding hydrogens is 350 g/mol. The van der Waals surface area contributed by atoms with Crippen molar-refractivity contribution >= 4 is 11.8 Å². The lowest BCUT2D eigenvalue weighted by atomic mass is 10.0. The van der Waals surface area contributed by atoms with Gasteiger partial charge in [0.1, 0.15) is 11.6 Å². The van der Waals surface area contributed by atoms with E-state index in [-0.39, 0.29) is 36.6 Å². The molecule has 0 saturated carbocycles. The summed E-state index contributed by atoms with van der Waals surface area (Å²) in [6, 6.07) is 9.08. The van der Waals surface area contributed by atoms with Crippen molar-refractivity contribution in [2.75, 3.05) is 0 Å². The van der Waals surface area contributed by atoms with Crippen LogP contribution in [0, 0.1) is 11.6 Å². The minimum absolute atomic E-state index is 0.0665. The minimum atomic E-state index is -0.449. The maximum Gasteiger partial charge on any atom is 0.243 e. The molecule has 1 atom stereocenters. The Labute approximate surface area is 156 Å². The van der Waals surface area contributed by atoms with E-state index in [4.69, 9.17) is 0 Å². The standard InChI is InChI=1S/C21H20F2N2O2/c1-2-20(26)24-11-13-3-4-15(19(23)9-13)12-25-21(27)18-7-5-14-10-16(22)6-8-17(14)18/h2-4,6,8-10,18H,1,5,7,11-12H2,(H,24,26)(H,25,27). The van der Waals surface area contributed by atoms with Crippen molar-refractivity contribution in [1.82, 2.24) is 10.6 Å². The largest absolute Gasteiger partial charge is 0.351 e. The molecule has 1 unspecified atom stereocenters. The van der Waals surface area contributed by atoms with Gasteiger partial charge in [-0.2, -0.15) is 0 Å². The molecule has 3 rings (SSSR count). The lowest BCUT2D eigenvalue weighted by Crippen LogP contribution is -2.28. The summed E-state index contributed by atoms with van der Waals surface area (Å²) in [4.78, 5) is 23.6. The second-order valence-electron chi connectivity index (χ2n) is 6.50. The lowest BCUT2D eigenvalue weighted by molar-refractivity contribution is -0.122. The van der Waals surface area contributed by atoms with Gasteiger partial charge in [-0.3, -0.25) is 9.59 Å². The van der Waals surface area contributed by atoms with Crippen LogP contribution in [0.15, 0.2) is 49.1 Å². The smallest absolute Gasteiger partial charge is 0.243 e. The van der Waals surface area contributed by atoms with Crippen molar-refractivity contribution in [1.29, 1.82) is 0 Å². The number of carbonyl (C=O) groups excluding carboxylic acids is 2. The Morgan fingerprint density at radius 2 is 1.93 bits per heavy atom. The highest BCUT2D eigenvalue weighted by molar-refractivity contribution is 5.86. The van der Waals surface area contributed by atoms with Crippen molar-refractivity contribution in [2.45, 2.75) is 31.8 Å². The summed E-state index contributed by atoms with van der Waals surface area (Å²) in [5.74, 6) is -1.61. The molecule has 0 aliphatic heterocycles. The number of benzene rings is 2. The van der Waals surface area contributed by atoms with Gasteiger partial charge >= 0.3 is 0 Å². The van der Waals surface area contributed by atoms with E-state index in [1.807, 2.05) is 0 Å². The Morgan fingerprint density at radius 1 is 1.11 bits per heavy atom. The summed E-state index contributed by atoms with van der Waals surface area (Å²) >= 11 is 0. The Bertz CT molecular complexity index is 896. The number of hydrogen-bond donors (Lipinski definition) is 2. The Morgan fingerprint density at radius 3 is 2.67 bits per heavy atom. The molecule has 2 aromatic rings. The van der Waals surface area contributed by atoms with Gasteiger partial charge < -0.3 is 10.6 Å². The molecule has 1 aliphatic carbocycles. The fourth-order valence-electron chi connectivity index (χ4n) is 3.27. The Kier molecular flexibility index (Phi) is 5.64. The van der Waals surface area contributed by atoms with Crippen molar-refractivity contribution in [3.63, 3.8) is 0 Å². The topological polar surface area (TPSA) is 58.2 Å². The fourth-order valence-corrected chi connectivity index (χ4v) is 3.27. The van der Waals surface area contributed by atoms with Gasteiger partial charge in [-0.15, -0.1) is 0 Å². The Hall–Kier alpha value is -3.02. The van der Waals surface area contributed by atoms with E-state index < -0.39 is 5.82 Å². The zero-order valence-corrected chi connectivity index (χ0v) is 14.7. The summed E-state index contributed by atoms with van der Waals surface area (Å²) < 4.78 is 27.5. The van der Waals surface area contributed by atoms with Crippen molar-refractivity contribution < 1.29 is 18.4 Å². The molecule has 0 spiro atoms. The first-order valence-electron chi connectivity index (χ1n) is 8.71. The van der Waals surface area contributed by atoms with Gasteiger partial charge in [0.05, 0.1) is 5.92 Å². The zero-order valence-electron chi connectivity index (χ0n) is 14.7. The van der Waals surface area contributed by atoms with Gasteiger partial charge in [-0.1, -0.05) is 24.8 Å². The highest BCUT2D eigenvalue weighted by atomic mass is 19.1. The van der Waals surface area contributed by atoms with Gasteiger partial charge in [0.2, 0.25) is 11.8 Å². The zero-order chi connectivity index (χ0) is 19.4. The molecule has 6 heteroatoms. The second kappa shape index (κ2) is 8.12. The predicted octanol–water partition coefficient (Wildman–Crippen LogP) is 3.11. The first-order valence-corrected chi connectivity index (χ1v) is 8.71. The second-order valence-corrected chi connectivity index (χ2v) is 6.50. The monoisotopic (exact) mass is 370 g/mol. The molecule has 4 nitrogen and oxygen atoms in total. The Balaban J connectivity index is 1.60. The van der Waals surface area contributed by atoms with E-state index in [1.165, 1.54) is 18.2 Å². The number of nitrogens with one attached hydrogen (secondary N) is 2. The first-order chi connectivity index (χ1) is 13.0. The molecule has 0 fully saturated rings. The number of amides is 2. The summed E-state index contributed by atoms with van der Waals surface area (Å²) in [6.45, 7) is 3.62. The number of hydrogen-bond acceptors (Lipinski definition) is 2. The van der Waals surface area contributed by atoms with Crippen LogP contribution in [0.4, 0.5) is 8.78 Å². The molecule has 0 aromatic heterocycles. The molecular formula is C21H20F2N2O2. The SMILES string of the molecule is C=CC(=O)NCc1ccc(CNC(=O)C2CCc3cc(F)ccc32)c(F)c1. The third kappa shape index (κ3) is 4.39. The van der Waals surface area contributed by atoms with E-state index in [2.05, 4.69) is 17.2 Å². The van der Waals surface area contributed by atoms with Crippen LogP contribution in [0.1, 0.15) is 34.6 Å². The molecule has 0 radical (unpaired) electrons. The molecule has 2 amide bonds. The van der Waals surface area contributed by atoms with Crippen LogP contribution in [-0.2, 0) is 29.1 Å². The van der Waals surface area contributed by atoms with Gasteiger partial charge in [0.25, 0.3) is 0 Å². The van der Waals surface area contributed by atoms with Crippen LogP contribution in [0.2, 0.25) is 0 Å². The minimum Gasteiger partial charge on any atom is -0.351 e. The van der Waals surface area contributed by atoms with Crippen LogP contribution in [0.5, 0.6) is 0 Å². The molecule has 27 heavy (non-hydrogen) atoms. The van der Waals surface area contributed by atoms with Gasteiger partial charge in [0.15, 0.2) is 0 Å². The van der Waals surface area contributed by atoms with E-state index in [1.54, 1.807) is 18.2 Å². The van der Waals surface area contributed by atoms with Crippen molar-refractivity contribution in [3.8, 4) is 0 Å². The van der Waals surface area contributed by atoms with Crippen LogP contribution < -0.4 is 10.6 Å². The van der Waals surface area contributed by atoms with Crippen LogP contribution in [-0.4, -0.2) is 11.8 Å². The van der Waals surface area contributed by atoms with Crippen LogP contribution >= 0.6 is 0 Å². The third-order valence-corrected chi connectivity index (χ3v) is 4.72. The van der Waals surface area contributed by atoms with Gasteiger partial charge in [-0.25, -0.2) is 8.78 Å². The number of fused-ring (bicyclic) bond motifs is 1. The molecule has 2 N–H and O–H groups in total. The predicted molar refractivity (Wildman–Crippen MR) is 97.8 cm³/mol. The number of rotatable bonds is 6. The van der Waals surface area contributed by atoms with E-state index in [0.29, 0.717) is 24.0 Å². The molecule has 0 saturated heterocycles. The molecule has 1 aliphatic rings. The molecule has 2 aromatic carbocycles. The number of halogens is 2. The average Bonchev–Trinajstić information content (AvgIpc) is 3.08. The highest BCUT2D eigenvalue weighted by Gasteiger charge is 2.28. The average molecular weight is 370 g/mol. The first kappa shape index (κ1) is 18.8. The highest BCUT2D eigenvalue weighted by Crippen LogP contribution is 2.33. The normalized spacial score (nSPS) is 15.1. The third-order valence-electron chi connectivity index (χ3n) is 4.72. The van der Waals surface area contributed by atoms with E-state index in [9.17, 15) is 18.4 Å². The summed E-state index contributed by atoms with van der Waals surface area (Å²) in [5.41, 5.74) is 2.67. The number of carbonyl (C=O) groups is 2. The van der Waals surface area contributed by atoms with Gasteiger partial charge in [0, 0.05) is 18.7 Å². The summed E-state index contributed by atoms with van der Waals surface area (Å²) in [6.07, 6.45) is 2.43. The van der Waals surface area contributed by atoms with Gasteiger partial charge in [-0.05, 0) is 53.8 Å². The fraction of sp³-hybridized carbons (Fsp3) is 0.238. The molecule has 140 valence electrons. The molecule has 0 bridgehead atoms. The van der Waals surface area contributed by atoms with E-state index in [0.717, 1.165) is 17.2 Å². The quantitative estimate of drug-likeness (QED) is 0.768. The van der Waals surface area contributed by atoms with Crippen molar-refractivity contribution in [2.24, 2.45) is 0 Å². The summed E-state index contributed by atoms with van der Waals surface area (Å²) in [7, 11) is 0. The van der Waals surface area contributed by atoms with Crippen LogP contribution in [0.3, 0.4) is 0 Å². The van der Waals surface area contributed by atoms with Crippen molar-refractivity contribution in [3.05, 3.63) is 82.9 Å². The van der Waals surface area contributed by atoms with Crippen LogP contribution in [0.25, 0.3) is 0 Å². The van der Waals surface area contributed by atoms with E-state index >= 15 is 0 Å². The number of aryl methyl sites for hydroxylation is 1. The summed E-state index contributed by atoms with van der Waals surface area (Å²) in [5, 5.41) is 5.34. The molecule has 0 heterocycles.